The first kappa shape index (κ1) is 50.7. The zero-order valence-electron chi connectivity index (χ0n) is 32.4. The number of hydrogen-bond acceptors (Lipinski definition) is 8. The van der Waals surface area contributed by atoms with Crippen molar-refractivity contribution >= 4 is 35.8 Å². The molecular formula is C44H50F4FmN7O6-. The molecule has 4 aromatic rings. The van der Waals surface area contributed by atoms with Crippen molar-refractivity contribution in [2.45, 2.75) is 40.8 Å². The quantitative estimate of drug-likeness (QED) is 0.0408. The fraction of sp³-hybridized carbons (Fsp3) is 0.341. The molecule has 0 radical (unpaired) electrons. The topological polar surface area (TPSA) is 179 Å². The van der Waals surface area contributed by atoms with E-state index in [1.165, 1.54) is 34.2 Å². The summed E-state index contributed by atoms with van der Waals surface area (Å²) in [5.41, 5.74) is 6.01. The molecule has 3 aromatic carbocycles. The zero-order chi connectivity index (χ0) is 42.7. The van der Waals surface area contributed by atoms with Crippen molar-refractivity contribution < 1.29 is 46.3 Å². The number of nitrogens with zero attached hydrogens (tertiary/aromatic N) is 4. The van der Waals surface area contributed by atoms with E-state index < -0.39 is 46.9 Å². The molecular weight excluding hydrogens is 1060 g/mol. The van der Waals surface area contributed by atoms with Crippen LogP contribution < -0.4 is 11.1 Å². The molecule has 5 rings (SSSR count). The number of ether oxygens (including phenoxy) is 1. The maximum atomic E-state index is 14.9. The van der Waals surface area contributed by atoms with Crippen LogP contribution in [0.5, 0.6) is 0 Å². The molecule has 0 unspecified atom stereocenters. The van der Waals surface area contributed by atoms with Gasteiger partial charge in [-0.05, 0) is 47.4 Å². The van der Waals surface area contributed by atoms with Gasteiger partial charge in [-0.25, -0.2) is 9.37 Å². The number of nitrogens with one attached hydrogen (secondary N) is 2. The van der Waals surface area contributed by atoms with Gasteiger partial charge in [0.05, 0.1) is 30.9 Å². The number of aromatic nitrogens is 1. The number of benzene rings is 3. The minimum atomic E-state index is -4.84. The molecule has 0 saturated carbocycles. The number of rotatable bonds is 17. The van der Waals surface area contributed by atoms with Crippen LogP contribution >= 0.6 is 0 Å². The van der Waals surface area contributed by atoms with E-state index in [-0.39, 0.29) is 103 Å². The molecule has 62 heavy (non-hydrogen) atoms. The van der Waals surface area contributed by atoms with Crippen molar-refractivity contribution in [1.29, 1.82) is 5.41 Å². The molecule has 1 saturated heterocycles. The molecule has 5 amide bonds. The van der Waals surface area contributed by atoms with Crippen molar-refractivity contribution in [2.75, 3.05) is 59.0 Å². The van der Waals surface area contributed by atoms with Crippen LogP contribution in [0.1, 0.15) is 75.2 Å². The predicted molar refractivity (Wildman–Crippen MR) is 222 cm³/mol. The molecule has 1 aliphatic rings. The molecule has 1 fully saturated rings. The first-order chi connectivity index (χ1) is 28.2. The van der Waals surface area contributed by atoms with Gasteiger partial charge in [-0.1, -0.05) is 70.3 Å². The van der Waals surface area contributed by atoms with Gasteiger partial charge in [-0.2, -0.15) is 19.6 Å². The van der Waals surface area contributed by atoms with Crippen LogP contribution in [0.2, 0.25) is 0 Å². The van der Waals surface area contributed by atoms with E-state index in [1.807, 2.05) is 13.0 Å². The fourth-order valence-electron chi connectivity index (χ4n) is 6.44. The Labute approximate surface area is 352 Å². The van der Waals surface area contributed by atoms with Crippen molar-refractivity contribution in [3.8, 4) is 11.1 Å². The van der Waals surface area contributed by atoms with Crippen LogP contribution in [-0.4, -0.2) is 114 Å². The van der Waals surface area contributed by atoms with Crippen molar-refractivity contribution in [3.05, 3.63) is 124 Å². The smallest absolute Gasteiger partial charge is 0.418 e. The summed E-state index contributed by atoms with van der Waals surface area (Å²) in [6.45, 7) is 1.60. The summed E-state index contributed by atoms with van der Waals surface area (Å²) in [7, 11) is 0. The number of piperazine rings is 1. The largest absolute Gasteiger partial charge is 0.520 e. The number of amides is 5. The minimum absolute atomic E-state index is 0. The SMILES string of the molecule is C.C.CCc1cccc(-c2cnc(C(=O)NCCOCCN([C-]=O)CC(=O)N3CCN(C(=O)c4cc(CC(=N)c5ccccc5C(N)=O)ccc4F)CC3)c(C(F)(F)F)c2)c1.[Fm]. The number of hydrogen-bond donors (Lipinski definition) is 3. The van der Waals surface area contributed by atoms with E-state index >= 15 is 0 Å². The Morgan fingerprint density at radius 3 is 2.21 bits per heavy atom. The minimum Gasteiger partial charge on any atom is -0.520 e. The summed E-state index contributed by atoms with van der Waals surface area (Å²) in [5.74, 6) is -3.50. The van der Waals surface area contributed by atoms with E-state index in [2.05, 4.69) is 10.3 Å². The number of nitrogens with two attached hydrogens (primary N) is 1. The number of primary amides is 1. The number of pyridine rings is 1. The van der Waals surface area contributed by atoms with Gasteiger partial charge in [0.15, 0.2) is 0 Å². The number of carbonyl (C=O) groups excluding carboxylic acids is 5. The molecule has 0 atom stereocenters. The van der Waals surface area contributed by atoms with Crippen molar-refractivity contribution in [3.63, 3.8) is 0 Å². The Morgan fingerprint density at radius 2 is 1.56 bits per heavy atom. The Kier molecular flexibility index (Phi) is 18.6. The van der Waals surface area contributed by atoms with Crippen LogP contribution in [-0.2, 0) is 33.3 Å². The summed E-state index contributed by atoms with van der Waals surface area (Å²) >= 11 is 0. The number of halogens is 4. The normalized spacial score (nSPS) is 12.2. The summed E-state index contributed by atoms with van der Waals surface area (Å²) in [6.07, 6.45) is -1.25. The summed E-state index contributed by atoms with van der Waals surface area (Å²) in [5, 5.41) is 10.9. The van der Waals surface area contributed by atoms with Gasteiger partial charge in [0.1, 0.15) is 11.5 Å². The van der Waals surface area contributed by atoms with E-state index in [1.54, 1.807) is 42.8 Å². The standard InChI is InChI=1S/C42H42F4N7O6.2CH4.Fm/c1-2-27-6-5-7-29(20-27)30-23-34(42(44,45)46)38(50-24-30)40(57)49-12-18-59-19-17-51(26-54)25-37(55)52-13-15-53(16-14-52)41(58)33-21-28(10-11-35(33)43)22-36(47)31-8-3-4-9-32(31)39(48)56;;;/h3-11,20-21,23-24,47H,2,12-19,22,25H2,1H3,(H2,48,56)(H,49,57);2*1H4;/q-1;;;. The summed E-state index contributed by atoms with van der Waals surface area (Å²) < 4.78 is 62.1. The summed E-state index contributed by atoms with van der Waals surface area (Å²) in [4.78, 5) is 70.2. The fourth-order valence-corrected chi connectivity index (χ4v) is 6.44. The van der Waals surface area contributed by atoms with Crippen LogP contribution in [0.25, 0.3) is 11.1 Å². The maximum Gasteiger partial charge on any atom is 0.418 e. The molecule has 18 heteroatoms. The molecule has 0 aliphatic carbocycles. The third-order valence-electron chi connectivity index (χ3n) is 9.65. The Bertz CT molecular complexity index is 2220. The van der Waals surface area contributed by atoms with Crippen LogP contribution in [0.3, 0.4) is 0 Å². The molecule has 0 bridgehead atoms. The van der Waals surface area contributed by atoms with Gasteiger partial charge < -0.3 is 40.7 Å². The first-order valence-electron chi connectivity index (χ1n) is 18.7. The van der Waals surface area contributed by atoms with Gasteiger partial charge in [-0.15, -0.1) is 0 Å². The molecule has 2 heterocycles. The predicted octanol–water partition coefficient (Wildman–Crippen LogP) is 5.55. The third-order valence-corrected chi connectivity index (χ3v) is 9.65. The zero-order valence-corrected chi connectivity index (χ0v) is 34.8. The second-order valence-electron chi connectivity index (χ2n) is 13.6. The van der Waals surface area contributed by atoms with Gasteiger partial charge in [0.25, 0.3) is 11.8 Å². The van der Waals surface area contributed by atoms with E-state index in [4.69, 9.17) is 15.9 Å². The van der Waals surface area contributed by atoms with Crippen LogP contribution in [0, 0.1) is 11.2 Å². The number of aryl methyl sites for hydroxylation is 1. The molecule has 4 N–H and O–H groups in total. The summed E-state index contributed by atoms with van der Waals surface area (Å²) in [6, 6.07) is 18.2. The first-order valence-corrected chi connectivity index (χ1v) is 18.7. The molecule has 338 valence electrons. The van der Waals surface area contributed by atoms with Gasteiger partial charge in [0.2, 0.25) is 11.8 Å². The van der Waals surface area contributed by atoms with E-state index in [0.29, 0.717) is 23.1 Å². The average molecular weight is 1110 g/mol. The molecule has 0 spiro atoms. The van der Waals surface area contributed by atoms with Crippen molar-refractivity contribution in [2.24, 2.45) is 5.73 Å². The Balaban J connectivity index is 0.00000441. The maximum absolute atomic E-state index is 14.9. The molecule has 1 aromatic heterocycles. The van der Waals surface area contributed by atoms with E-state index in [0.717, 1.165) is 22.6 Å². The second-order valence-corrected chi connectivity index (χ2v) is 13.6. The number of carbonyl (C=O) groups is 4. The van der Waals surface area contributed by atoms with Crippen LogP contribution in [0.15, 0.2) is 79.0 Å². The molecule has 1 aliphatic heterocycles. The van der Waals surface area contributed by atoms with Gasteiger partial charge in [-0.3, -0.25) is 19.2 Å². The monoisotopic (exact) mass is 1110 g/mol. The Hall–Kier alpha value is -7.49. The second kappa shape index (κ2) is 22.8. The number of alkyl halides is 3. The van der Waals surface area contributed by atoms with E-state index in [9.17, 15) is 41.5 Å². The van der Waals surface area contributed by atoms with Crippen molar-refractivity contribution in [1.82, 2.24) is 25.0 Å². The van der Waals surface area contributed by atoms with Crippen LogP contribution in [0.4, 0.5) is 17.6 Å². The molecule has 13 nitrogen and oxygen atoms in total. The Morgan fingerprint density at radius 1 is 0.887 bits per heavy atom. The van der Waals surface area contributed by atoms with Gasteiger partial charge in [0, 0.05) is 74.3 Å². The average Bonchev–Trinajstić information content (AvgIpc) is 3.24. The van der Waals surface area contributed by atoms with Gasteiger partial charge >= 0.3 is 6.18 Å². The third kappa shape index (κ3) is 12.8.